The zero-order valence-corrected chi connectivity index (χ0v) is 13.5. The number of ether oxygens (including phenoxy) is 1. The lowest BCUT2D eigenvalue weighted by Gasteiger charge is -2.07. The Balaban J connectivity index is 1.49. The van der Waals surface area contributed by atoms with Gasteiger partial charge in [-0.3, -0.25) is 4.79 Å². The van der Waals surface area contributed by atoms with Crippen LogP contribution in [-0.2, 0) is 17.9 Å². The third-order valence-electron chi connectivity index (χ3n) is 3.63. The largest absolute Gasteiger partial charge is 0.453 e. The molecule has 126 valence electrons. The first kappa shape index (κ1) is 16.5. The number of alkyl carbamates (subject to hydrolysis) is 1. The van der Waals surface area contributed by atoms with Crippen LogP contribution in [-0.4, -0.2) is 12.4 Å². The van der Waals surface area contributed by atoms with Crippen LogP contribution in [0.4, 0.5) is 4.79 Å². The van der Waals surface area contributed by atoms with Crippen molar-refractivity contribution >= 4 is 12.4 Å². The third kappa shape index (κ3) is 4.57. The van der Waals surface area contributed by atoms with Crippen LogP contribution in [0.15, 0.2) is 71.1 Å². The molecular formula is C20H17NO4. The van der Waals surface area contributed by atoms with Gasteiger partial charge in [0.05, 0.1) is 0 Å². The lowest BCUT2D eigenvalue weighted by Crippen LogP contribution is -2.23. The van der Waals surface area contributed by atoms with Crippen molar-refractivity contribution in [2.45, 2.75) is 13.2 Å². The second-order valence-corrected chi connectivity index (χ2v) is 5.43. The summed E-state index contributed by atoms with van der Waals surface area (Å²) in [5.74, 6) is 0.922. The summed E-state index contributed by atoms with van der Waals surface area (Å²) < 4.78 is 10.5. The molecule has 5 nitrogen and oxygen atoms in total. The van der Waals surface area contributed by atoms with Crippen molar-refractivity contribution in [3.63, 3.8) is 0 Å². The molecule has 0 saturated carbocycles. The van der Waals surface area contributed by atoms with Crippen molar-refractivity contribution in [2.75, 3.05) is 0 Å². The number of hydrogen-bond acceptors (Lipinski definition) is 4. The Morgan fingerprint density at radius 3 is 2.40 bits per heavy atom. The molecule has 0 bridgehead atoms. The lowest BCUT2D eigenvalue weighted by atomic mass is 10.1. The van der Waals surface area contributed by atoms with Crippen molar-refractivity contribution < 1.29 is 18.7 Å². The van der Waals surface area contributed by atoms with Crippen LogP contribution in [0.25, 0.3) is 11.3 Å². The average Bonchev–Trinajstić information content (AvgIpc) is 3.15. The molecule has 3 rings (SSSR count). The minimum Gasteiger partial charge on any atom is -0.453 e. The van der Waals surface area contributed by atoms with E-state index in [2.05, 4.69) is 5.32 Å². The van der Waals surface area contributed by atoms with Gasteiger partial charge in [-0.1, -0.05) is 54.6 Å². The lowest BCUT2D eigenvalue weighted by molar-refractivity contribution is 0.110. The summed E-state index contributed by atoms with van der Waals surface area (Å²) in [4.78, 5) is 22.4. The smallest absolute Gasteiger partial charge is 0.407 e. The highest BCUT2D eigenvalue weighted by Crippen LogP contribution is 2.21. The van der Waals surface area contributed by atoms with Gasteiger partial charge in [0.15, 0.2) is 12.0 Å². The molecule has 1 amide bonds. The summed E-state index contributed by atoms with van der Waals surface area (Å²) in [6.45, 7) is 0.606. The molecular weight excluding hydrogens is 318 g/mol. The first-order valence-corrected chi connectivity index (χ1v) is 7.83. The molecule has 0 atom stereocenters. The minimum atomic E-state index is -0.463. The van der Waals surface area contributed by atoms with E-state index in [0.29, 0.717) is 24.4 Å². The van der Waals surface area contributed by atoms with Crippen LogP contribution < -0.4 is 5.32 Å². The number of furan rings is 1. The average molecular weight is 335 g/mol. The van der Waals surface area contributed by atoms with Gasteiger partial charge in [-0.05, 0) is 23.3 Å². The molecule has 0 saturated heterocycles. The molecule has 1 aromatic heterocycles. The van der Waals surface area contributed by atoms with Gasteiger partial charge in [0.25, 0.3) is 0 Å². The molecule has 3 aromatic rings. The zero-order valence-electron chi connectivity index (χ0n) is 13.5. The second-order valence-electron chi connectivity index (χ2n) is 5.43. The number of amides is 1. The Morgan fingerprint density at radius 1 is 0.960 bits per heavy atom. The van der Waals surface area contributed by atoms with Crippen LogP contribution >= 0.6 is 0 Å². The van der Waals surface area contributed by atoms with Gasteiger partial charge < -0.3 is 14.5 Å². The highest BCUT2D eigenvalue weighted by molar-refractivity contribution is 5.72. The standard InChI is InChI=1S/C20H17NO4/c22-13-18-10-11-19(25-18)17-8-6-15(7-9-17)12-21-20(23)24-14-16-4-2-1-3-5-16/h1-11,13H,12,14H2,(H,21,23). The topological polar surface area (TPSA) is 68.5 Å². The Bertz CT molecular complexity index is 838. The quantitative estimate of drug-likeness (QED) is 0.686. The number of benzene rings is 2. The summed E-state index contributed by atoms with van der Waals surface area (Å²) >= 11 is 0. The summed E-state index contributed by atoms with van der Waals surface area (Å²) in [6, 6.07) is 20.4. The van der Waals surface area contributed by atoms with Crippen molar-refractivity contribution in [3.05, 3.63) is 83.6 Å². The van der Waals surface area contributed by atoms with Gasteiger partial charge in [-0.15, -0.1) is 0 Å². The maximum atomic E-state index is 11.7. The van der Waals surface area contributed by atoms with E-state index in [9.17, 15) is 9.59 Å². The maximum Gasteiger partial charge on any atom is 0.407 e. The Kier molecular flexibility index (Phi) is 5.26. The normalized spacial score (nSPS) is 10.2. The minimum absolute atomic E-state index is 0.239. The fraction of sp³-hybridized carbons (Fsp3) is 0.100. The first-order chi connectivity index (χ1) is 12.2. The Labute approximate surface area is 145 Å². The van der Waals surface area contributed by atoms with E-state index in [1.54, 1.807) is 12.1 Å². The van der Waals surface area contributed by atoms with Gasteiger partial charge in [0.1, 0.15) is 12.4 Å². The predicted octanol–water partition coefficient (Wildman–Crippen LogP) is 4.19. The maximum absolute atomic E-state index is 11.7. The van der Waals surface area contributed by atoms with E-state index in [0.717, 1.165) is 16.7 Å². The van der Waals surface area contributed by atoms with E-state index in [-0.39, 0.29) is 6.61 Å². The van der Waals surface area contributed by atoms with Crippen LogP contribution in [0.1, 0.15) is 21.7 Å². The number of carbonyl (C=O) groups is 2. The monoisotopic (exact) mass is 335 g/mol. The molecule has 0 aliphatic rings. The summed E-state index contributed by atoms with van der Waals surface area (Å²) in [6.07, 6.45) is 0.206. The molecule has 0 spiro atoms. The van der Waals surface area contributed by atoms with Crippen molar-refractivity contribution in [1.29, 1.82) is 0 Å². The zero-order chi connectivity index (χ0) is 17.5. The molecule has 0 fully saturated rings. The third-order valence-corrected chi connectivity index (χ3v) is 3.63. The van der Waals surface area contributed by atoms with Crippen molar-refractivity contribution in [3.8, 4) is 11.3 Å². The van der Waals surface area contributed by atoms with E-state index in [4.69, 9.17) is 9.15 Å². The van der Waals surface area contributed by atoms with E-state index < -0.39 is 6.09 Å². The number of aldehydes is 1. The van der Waals surface area contributed by atoms with Crippen LogP contribution in [0, 0.1) is 0 Å². The molecule has 0 radical (unpaired) electrons. The number of rotatable bonds is 6. The van der Waals surface area contributed by atoms with Crippen molar-refractivity contribution in [2.24, 2.45) is 0 Å². The van der Waals surface area contributed by atoms with E-state index in [1.165, 1.54) is 0 Å². The predicted molar refractivity (Wildman–Crippen MR) is 93.0 cm³/mol. The summed E-state index contributed by atoms with van der Waals surface area (Å²) in [7, 11) is 0. The second kappa shape index (κ2) is 7.97. The SMILES string of the molecule is O=Cc1ccc(-c2ccc(CNC(=O)OCc3ccccc3)cc2)o1. The van der Waals surface area contributed by atoms with Crippen LogP contribution in [0.5, 0.6) is 0 Å². The summed E-state index contributed by atoms with van der Waals surface area (Å²) in [5.41, 5.74) is 2.74. The van der Waals surface area contributed by atoms with E-state index in [1.807, 2.05) is 54.6 Å². The van der Waals surface area contributed by atoms with Gasteiger partial charge in [0, 0.05) is 12.1 Å². The molecule has 0 unspecified atom stereocenters. The van der Waals surface area contributed by atoms with Crippen LogP contribution in [0.2, 0.25) is 0 Å². The number of hydrogen-bond donors (Lipinski definition) is 1. The molecule has 25 heavy (non-hydrogen) atoms. The fourth-order valence-electron chi connectivity index (χ4n) is 2.31. The Morgan fingerprint density at radius 2 is 1.72 bits per heavy atom. The van der Waals surface area contributed by atoms with Gasteiger partial charge in [-0.2, -0.15) is 0 Å². The van der Waals surface area contributed by atoms with Gasteiger partial charge in [0.2, 0.25) is 0 Å². The number of carbonyl (C=O) groups excluding carboxylic acids is 2. The van der Waals surface area contributed by atoms with Gasteiger partial charge >= 0.3 is 6.09 Å². The summed E-state index contributed by atoms with van der Waals surface area (Å²) in [5, 5.41) is 2.71. The molecule has 0 aliphatic carbocycles. The highest BCUT2D eigenvalue weighted by atomic mass is 16.5. The molecule has 0 aliphatic heterocycles. The molecule has 2 aromatic carbocycles. The molecule has 1 heterocycles. The fourth-order valence-corrected chi connectivity index (χ4v) is 2.31. The first-order valence-electron chi connectivity index (χ1n) is 7.83. The van der Waals surface area contributed by atoms with Crippen LogP contribution in [0.3, 0.4) is 0 Å². The van der Waals surface area contributed by atoms with E-state index >= 15 is 0 Å². The van der Waals surface area contributed by atoms with Crippen molar-refractivity contribution in [1.82, 2.24) is 5.32 Å². The molecule has 5 heteroatoms. The Hall–Kier alpha value is -3.34. The van der Waals surface area contributed by atoms with Gasteiger partial charge in [-0.25, -0.2) is 4.79 Å². The number of nitrogens with one attached hydrogen (secondary N) is 1. The highest BCUT2D eigenvalue weighted by Gasteiger charge is 2.06. The molecule has 1 N–H and O–H groups in total.